The molecule has 0 amide bonds. The van der Waals surface area contributed by atoms with Gasteiger partial charge >= 0.3 is 0 Å². The van der Waals surface area contributed by atoms with Gasteiger partial charge in [0.15, 0.2) is 0 Å². The van der Waals surface area contributed by atoms with Gasteiger partial charge in [0.25, 0.3) is 10.1 Å². The lowest BCUT2D eigenvalue weighted by Gasteiger charge is -2.17. The van der Waals surface area contributed by atoms with Gasteiger partial charge in [0.1, 0.15) is 4.90 Å². The van der Waals surface area contributed by atoms with Crippen LogP contribution in [0.4, 0.5) is 5.69 Å². The maximum Gasteiger partial charge on any atom is 0.297 e. The second kappa shape index (κ2) is 5.42. The number of hydrogen-bond acceptors (Lipinski definition) is 4. The summed E-state index contributed by atoms with van der Waals surface area (Å²) in [5, 5.41) is 1.57. The Morgan fingerprint density at radius 2 is 1.60 bits per heavy atom. The highest BCUT2D eigenvalue weighted by atomic mass is 32.2. The third-order valence-corrected chi connectivity index (χ3v) is 4.46. The summed E-state index contributed by atoms with van der Waals surface area (Å²) in [5.74, 6) is 0. The predicted molar refractivity (Wildman–Crippen MR) is 81.7 cm³/mol. The molecule has 0 saturated heterocycles. The number of anilines is 1. The van der Waals surface area contributed by atoms with Crippen molar-refractivity contribution in [1.82, 2.24) is 0 Å². The number of benzene rings is 2. The monoisotopic (exact) mass is 293 g/mol. The molecule has 0 aliphatic rings. The average molecular weight is 293 g/mol. The largest absolute Gasteiger partial charge is 0.377 e. The lowest BCUT2D eigenvalue weighted by molar-refractivity contribution is 0.249. The van der Waals surface area contributed by atoms with Crippen LogP contribution in [0.25, 0.3) is 10.8 Å². The molecule has 0 unspecified atom stereocenters. The second-order valence-corrected chi connectivity index (χ2v) is 6.66. The van der Waals surface area contributed by atoms with Gasteiger partial charge in [-0.2, -0.15) is 8.42 Å². The molecule has 4 nitrogen and oxygen atoms in total. The van der Waals surface area contributed by atoms with Crippen LogP contribution in [0.5, 0.6) is 0 Å². The highest BCUT2D eigenvalue weighted by Crippen LogP contribution is 2.31. The molecule has 0 aliphatic carbocycles. The molecule has 0 aromatic heterocycles. The summed E-state index contributed by atoms with van der Waals surface area (Å²) in [6.45, 7) is 3.40. The summed E-state index contributed by atoms with van der Waals surface area (Å²) in [7, 11) is 0.115. The summed E-state index contributed by atoms with van der Waals surface area (Å²) >= 11 is 0. The van der Waals surface area contributed by atoms with Gasteiger partial charge in [-0.3, -0.25) is 4.18 Å². The van der Waals surface area contributed by atoms with Crippen molar-refractivity contribution >= 4 is 26.6 Å². The van der Waals surface area contributed by atoms with E-state index in [4.69, 9.17) is 4.18 Å². The molecule has 5 heteroatoms. The van der Waals surface area contributed by atoms with Gasteiger partial charge < -0.3 is 4.90 Å². The second-order valence-electron chi connectivity index (χ2n) is 5.12. The van der Waals surface area contributed by atoms with Gasteiger partial charge in [0.2, 0.25) is 0 Å². The van der Waals surface area contributed by atoms with Crippen molar-refractivity contribution < 1.29 is 12.6 Å². The number of rotatable bonds is 4. The Morgan fingerprint density at radius 1 is 1.00 bits per heavy atom. The van der Waals surface area contributed by atoms with Gasteiger partial charge in [0, 0.05) is 30.6 Å². The van der Waals surface area contributed by atoms with E-state index in [1.807, 2.05) is 37.2 Å². The van der Waals surface area contributed by atoms with Gasteiger partial charge in [0.05, 0.1) is 6.10 Å². The van der Waals surface area contributed by atoms with E-state index in [-0.39, 0.29) is 11.0 Å². The van der Waals surface area contributed by atoms with Crippen molar-refractivity contribution in [2.45, 2.75) is 24.8 Å². The van der Waals surface area contributed by atoms with Gasteiger partial charge in [-0.15, -0.1) is 0 Å². The Balaban J connectivity index is 2.71. The summed E-state index contributed by atoms with van der Waals surface area (Å²) < 4.78 is 29.7. The van der Waals surface area contributed by atoms with Gasteiger partial charge in [-0.05, 0) is 26.0 Å². The molecule has 0 atom stereocenters. The summed E-state index contributed by atoms with van der Waals surface area (Å²) in [6, 6.07) is 10.9. The minimum Gasteiger partial charge on any atom is -0.377 e. The quantitative estimate of drug-likeness (QED) is 0.813. The van der Waals surface area contributed by atoms with Gasteiger partial charge in [-0.1, -0.05) is 24.3 Å². The molecule has 0 spiro atoms. The minimum absolute atomic E-state index is 0.215. The van der Waals surface area contributed by atoms with Crippen LogP contribution in [0.15, 0.2) is 41.3 Å². The highest BCUT2D eigenvalue weighted by molar-refractivity contribution is 7.87. The summed E-state index contributed by atoms with van der Waals surface area (Å²) in [6.07, 6.45) is -0.382. The third kappa shape index (κ3) is 2.78. The average Bonchev–Trinajstić information content (AvgIpc) is 2.35. The zero-order valence-electron chi connectivity index (χ0n) is 12.1. The molecular weight excluding hydrogens is 274 g/mol. The van der Waals surface area contributed by atoms with Crippen LogP contribution < -0.4 is 4.90 Å². The molecule has 0 heterocycles. The zero-order valence-corrected chi connectivity index (χ0v) is 12.9. The Bertz CT molecular complexity index is 721. The van der Waals surface area contributed by atoms with E-state index in [2.05, 4.69) is 0 Å². The Morgan fingerprint density at radius 3 is 2.20 bits per heavy atom. The minimum atomic E-state index is -3.75. The molecule has 0 fully saturated rings. The van der Waals surface area contributed by atoms with E-state index >= 15 is 0 Å². The number of fused-ring (bicyclic) bond motifs is 1. The number of hydrogen-bond donors (Lipinski definition) is 0. The molecule has 0 aliphatic heterocycles. The fraction of sp³-hybridized carbons (Fsp3) is 0.333. The lowest BCUT2D eigenvalue weighted by Crippen LogP contribution is -2.13. The van der Waals surface area contributed by atoms with E-state index in [9.17, 15) is 8.42 Å². The van der Waals surface area contributed by atoms with Crippen LogP contribution in [0.3, 0.4) is 0 Å². The lowest BCUT2D eigenvalue weighted by atomic mass is 10.1. The van der Waals surface area contributed by atoms with Crippen molar-refractivity contribution in [3.8, 4) is 0 Å². The smallest absolute Gasteiger partial charge is 0.297 e. The normalized spacial score (nSPS) is 12.1. The van der Waals surface area contributed by atoms with Crippen molar-refractivity contribution in [3.63, 3.8) is 0 Å². The van der Waals surface area contributed by atoms with Gasteiger partial charge in [-0.25, -0.2) is 0 Å². The first-order valence-electron chi connectivity index (χ1n) is 6.45. The third-order valence-electron chi connectivity index (χ3n) is 2.93. The van der Waals surface area contributed by atoms with E-state index in [1.54, 1.807) is 32.0 Å². The molecule has 2 aromatic rings. The zero-order chi connectivity index (χ0) is 14.9. The molecule has 0 N–H and O–H groups in total. The summed E-state index contributed by atoms with van der Waals surface area (Å²) in [4.78, 5) is 2.18. The Hall–Kier alpha value is -1.59. The Kier molecular flexibility index (Phi) is 4.01. The maximum atomic E-state index is 12.3. The van der Waals surface area contributed by atoms with E-state index in [0.717, 1.165) is 11.1 Å². The topological polar surface area (TPSA) is 46.6 Å². The van der Waals surface area contributed by atoms with Crippen LogP contribution in [-0.2, 0) is 14.3 Å². The van der Waals surface area contributed by atoms with Crippen LogP contribution in [-0.4, -0.2) is 28.6 Å². The first kappa shape index (κ1) is 14.8. The van der Waals surface area contributed by atoms with Crippen LogP contribution in [0.1, 0.15) is 13.8 Å². The SMILES string of the molecule is CC(C)OS(=O)(=O)c1cccc2c(N(C)C)cccc12. The Labute approximate surface area is 120 Å². The van der Waals surface area contributed by atoms with Crippen molar-refractivity contribution in [3.05, 3.63) is 36.4 Å². The maximum absolute atomic E-state index is 12.3. The van der Waals surface area contributed by atoms with E-state index in [1.165, 1.54) is 0 Å². The van der Waals surface area contributed by atoms with Crippen molar-refractivity contribution in [2.24, 2.45) is 0 Å². The first-order chi connectivity index (χ1) is 9.33. The standard InChI is InChI=1S/C15H19NO3S/c1-11(2)19-20(17,18)15-10-6-7-12-13(15)8-5-9-14(12)16(3)4/h5-11H,1-4H3. The van der Waals surface area contributed by atoms with Crippen LogP contribution in [0, 0.1) is 0 Å². The first-order valence-corrected chi connectivity index (χ1v) is 7.86. The number of nitrogens with zero attached hydrogens (tertiary/aromatic N) is 1. The molecule has 108 valence electrons. The molecule has 0 radical (unpaired) electrons. The van der Waals surface area contributed by atoms with Crippen molar-refractivity contribution in [2.75, 3.05) is 19.0 Å². The molecular formula is C15H19NO3S. The molecule has 20 heavy (non-hydrogen) atoms. The van der Waals surface area contributed by atoms with Crippen LogP contribution in [0.2, 0.25) is 0 Å². The molecule has 0 bridgehead atoms. The summed E-state index contributed by atoms with van der Waals surface area (Å²) in [5.41, 5.74) is 0.976. The van der Waals surface area contributed by atoms with E-state index < -0.39 is 10.1 Å². The molecule has 2 aromatic carbocycles. The fourth-order valence-electron chi connectivity index (χ4n) is 2.18. The van der Waals surface area contributed by atoms with E-state index in [0.29, 0.717) is 5.39 Å². The van der Waals surface area contributed by atoms with Crippen LogP contribution >= 0.6 is 0 Å². The fourth-order valence-corrected chi connectivity index (χ4v) is 3.48. The molecule has 2 rings (SSSR count). The predicted octanol–water partition coefficient (Wildman–Crippen LogP) is 3.02. The molecule has 0 saturated carbocycles. The highest BCUT2D eigenvalue weighted by Gasteiger charge is 2.20. The van der Waals surface area contributed by atoms with Crippen molar-refractivity contribution in [1.29, 1.82) is 0 Å².